The van der Waals surface area contributed by atoms with E-state index in [1.54, 1.807) is 6.07 Å². The van der Waals surface area contributed by atoms with E-state index in [4.69, 9.17) is 4.74 Å². The van der Waals surface area contributed by atoms with Gasteiger partial charge in [0.1, 0.15) is 5.82 Å². The topological polar surface area (TPSA) is 35.0 Å². The molecule has 4 heteroatoms. The third-order valence-corrected chi connectivity index (χ3v) is 7.24. The zero-order chi connectivity index (χ0) is 23.3. The smallest absolute Gasteiger partial charge is 0.233 e. The van der Waals surface area contributed by atoms with Gasteiger partial charge in [-0.2, -0.15) is 0 Å². The maximum absolute atomic E-state index is 14.8. The van der Waals surface area contributed by atoms with Gasteiger partial charge in [0, 0.05) is 11.6 Å². The highest BCUT2D eigenvalue weighted by Gasteiger charge is 2.21. The highest BCUT2D eigenvalue weighted by molar-refractivity contribution is 5.59. The van der Waals surface area contributed by atoms with E-state index in [0.717, 1.165) is 42.2 Å². The summed E-state index contributed by atoms with van der Waals surface area (Å²) >= 11 is 0. The molecule has 1 heterocycles. The van der Waals surface area contributed by atoms with Gasteiger partial charge in [0.2, 0.25) is 5.88 Å². The van der Waals surface area contributed by atoms with Gasteiger partial charge in [-0.3, -0.25) is 0 Å². The lowest BCUT2D eigenvalue weighted by atomic mass is 9.78. The van der Waals surface area contributed by atoms with E-state index >= 15 is 0 Å². The van der Waals surface area contributed by atoms with E-state index in [-0.39, 0.29) is 5.82 Å². The minimum Gasteiger partial charge on any atom is -0.477 e. The van der Waals surface area contributed by atoms with Crippen LogP contribution in [0.4, 0.5) is 4.39 Å². The normalized spacial score (nSPS) is 18.4. The van der Waals surface area contributed by atoms with Crippen LogP contribution in [0.1, 0.15) is 103 Å². The number of hydrogen-bond donors (Lipinski definition) is 0. The van der Waals surface area contributed by atoms with Gasteiger partial charge >= 0.3 is 0 Å². The van der Waals surface area contributed by atoms with Crippen molar-refractivity contribution in [3.8, 4) is 17.1 Å². The van der Waals surface area contributed by atoms with Crippen molar-refractivity contribution in [2.75, 3.05) is 6.61 Å². The Balaban J connectivity index is 1.43. The Morgan fingerprint density at radius 1 is 0.818 bits per heavy atom. The van der Waals surface area contributed by atoms with Crippen molar-refractivity contribution in [3.05, 3.63) is 41.7 Å². The summed E-state index contributed by atoms with van der Waals surface area (Å²) in [4.78, 5) is 0. The zero-order valence-electron chi connectivity index (χ0n) is 20.8. The van der Waals surface area contributed by atoms with Crippen molar-refractivity contribution < 1.29 is 9.13 Å². The molecule has 1 aromatic heterocycles. The fourth-order valence-electron chi connectivity index (χ4n) is 5.00. The summed E-state index contributed by atoms with van der Waals surface area (Å²) in [6, 6.07) is 9.20. The first-order chi connectivity index (χ1) is 16.2. The molecular formula is C29H43FN2O. The number of nitrogens with zero attached hydrogens (tertiary/aromatic N) is 2. The molecule has 0 spiro atoms. The summed E-state index contributed by atoms with van der Waals surface area (Å²) in [6.45, 7) is 5.16. The number of hydrogen-bond acceptors (Lipinski definition) is 3. The molecule has 3 nitrogen and oxygen atoms in total. The highest BCUT2D eigenvalue weighted by Crippen LogP contribution is 2.34. The molecule has 0 saturated heterocycles. The maximum atomic E-state index is 14.8. The lowest BCUT2D eigenvalue weighted by molar-refractivity contribution is 0.249. The van der Waals surface area contributed by atoms with Crippen LogP contribution in [0.5, 0.6) is 5.88 Å². The molecule has 0 unspecified atom stereocenters. The van der Waals surface area contributed by atoms with Crippen LogP contribution in [0, 0.1) is 17.7 Å². The molecule has 2 aromatic rings. The summed E-state index contributed by atoms with van der Waals surface area (Å²) in [5, 5.41) is 8.42. The van der Waals surface area contributed by atoms with Gasteiger partial charge < -0.3 is 4.74 Å². The molecule has 1 saturated carbocycles. The molecule has 0 amide bonds. The number of unbranched alkanes of at least 4 members (excludes halogenated alkanes) is 5. The minimum absolute atomic E-state index is 0.127. The molecule has 182 valence electrons. The standard InChI is InChI=1S/C29H43FN2O/c1-3-5-7-8-9-21-33-29-20-19-28(31-32-29)26-18-17-25(27(30)22-26)16-15-24-13-11-23(12-14-24)10-6-4-2/h17-20,22-24H,3-16,21H2,1-2H3. The number of benzene rings is 1. The molecule has 1 aromatic carbocycles. The van der Waals surface area contributed by atoms with Crippen molar-refractivity contribution in [1.29, 1.82) is 0 Å². The second kappa shape index (κ2) is 14.3. The number of halogens is 1. The van der Waals surface area contributed by atoms with Crippen LogP contribution in [0.25, 0.3) is 11.3 Å². The molecule has 3 rings (SSSR count). The maximum Gasteiger partial charge on any atom is 0.233 e. The summed E-state index contributed by atoms with van der Waals surface area (Å²) in [5.41, 5.74) is 2.27. The quantitative estimate of drug-likeness (QED) is 0.268. The first kappa shape index (κ1) is 25.6. The van der Waals surface area contributed by atoms with E-state index in [1.165, 1.54) is 70.6 Å². The Kier molecular flexibility index (Phi) is 11.1. The van der Waals surface area contributed by atoms with E-state index in [1.807, 2.05) is 24.3 Å². The second-order valence-corrected chi connectivity index (χ2v) is 9.89. The molecule has 33 heavy (non-hydrogen) atoms. The van der Waals surface area contributed by atoms with Gasteiger partial charge in [-0.15, -0.1) is 10.2 Å². The Hall–Kier alpha value is -1.97. The van der Waals surface area contributed by atoms with Crippen molar-refractivity contribution in [3.63, 3.8) is 0 Å². The average Bonchev–Trinajstić information content (AvgIpc) is 2.85. The van der Waals surface area contributed by atoms with Crippen molar-refractivity contribution in [1.82, 2.24) is 10.2 Å². The summed E-state index contributed by atoms with van der Waals surface area (Å²) in [6.07, 6.45) is 17.4. The average molecular weight is 455 g/mol. The molecule has 0 aliphatic heterocycles. The summed E-state index contributed by atoms with van der Waals surface area (Å²) in [5.74, 6) is 2.10. The Labute approximate surface area is 200 Å². The summed E-state index contributed by atoms with van der Waals surface area (Å²) < 4.78 is 20.5. The van der Waals surface area contributed by atoms with Crippen LogP contribution < -0.4 is 4.74 Å². The van der Waals surface area contributed by atoms with Gasteiger partial charge in [0.25, 0.3) is 0 Å². The SMILES string of the molecule is CCCCCCCOc1ccc(-c2ccc(CCC3CCC(CCCC)CC3)c(F)c2)nn1. The minimum atomic E-state index is -0.127. The van der Waals surface area contributed by atoms with E-state index < -0.39 is 0 Å². The van der Waals surface area contributed by atoms with Crippen LogP contribution in [-0.2, 0) is 6.42 Å². The van der Waals surface area contributed by atoms with Crippen molar-refractivity contribution in [2.45, 2.75) is 104 Å². The molecule has 0 radical (unpaired) electrons. The predicted molar refractivity (Wildman–Crippen MR) is 135 cm³/mol. The van der Waals surface area contributed by atoms with Gasteiger partial charge in [-0.25, -0.2) is 4.39 Å². The van der Waals surface area contributed by atoms with E-state index in [9.17, 15) is 4.39 Å². The predicted octanol–water partition coefficient (Wildman–Crippen LogP) is 8.56. The number of aryl methyl sites for hydroxylation is 1. The Morgan fingerprint density at radius 3 is 2.21 bits per heavy atom. The lowest BCUT2D eigenvalue weighted by Crippen LogP contribution is -2.15. The lowest BCUT2D eigenvalue weighted by Gasteiger charge is -2.28. The van der Waals surface area contributed by atoms with Crippen molar-refractivity contribution in [2.24, 2.45) is 11.8 Å². The van der Waals surface area contributed by atoms with Crippen molar-refractivity contribution >= 4 is 0 Å². The molecule has 0 N–H and O–H groups in total. The van der Waals surface area contributed by atoms with E-state index in [0.29, 0.717) is 18.2 Å². The third kappa shape index (κ3) is 8.72. The zero-order valence-corrected chi connectivity index (χ0v) is 20.8. The third-order valence-electron chi connectivity index (χ3n) is 7.24. The van der Waals surface area contributed by atoms with Gasteiger partial charge in [-0.05, 0) is 48.8 Å². The van der Waals surface area contributed by atoms with Crippen LogP contribution in [-0.4, -0.2) is 16.8 Å². The molecule has 1 aliphatic rings. The van der Waals surface area contributed by atoms with Crippen LogP contribution in [0.2, 0.25) is 0 Å². The number of aromatic nitrogens is 2. The molecule has 1 fully saturated rings. The van der Waals surface area contributed by atoms with Crippen LogP contribution in [0.15, 0.2) is 30.3 Å². The van der Waals surface area contributed by atoms with Crippen LogP contribution >= 0.6 is 0 Å². The largest absolute Gasteiger partial charge is 0.477 e. The van der Waals surface area contributed by atoms with Gasteiger partial charge in [0.05, 0.1) is 12.3 Å². The highest BCUT2D eigenvalue weighted by atomic mass is 19.1. The summed E-state index contributed by atoms with van der Waals surface area (Å²) in [7, 11) is 0. The van der Waals surface area contributed by atoms with E-state index in [2.05, 4.69) is 24.0 Å². The monoisotopic (exact) mass is 454 g/mol. The molecule has 0 atom stereocenters. The van der Waals surface area contributed by atoms with Crippen LogP contribution in [0.3, 0.4) is 0 Å². The number of rotatable bonds is 14. The van der Waals surface area contributed by atoms with Gasteiger partial charge in [-0.1, -0.05) is 96.6 Å². The Morgan fingerprint density at radius 2 is 1.55 bits per heavy atom. The fourth-order valence-corrected chi connectivity index (χ4v) is 5.00. The molecular weight excluding hydrogens is 411 g/mol. The molecule has 0 bridgehead atoms. The Bertz CT molecular complexity index is 800. The first-order valence-corrected chi connectivity index (χ1v) is 13.4. The second-order valence-electron chi connectivity index (χ2n) is 9.89. The fraction of sp³-hybridized carbons (Fsp3) is 0.655. The first-order valence-electron chi connectivity index (χ1n) is 13.4. The van der Waals surface area contributed by atoms with Gasteiger partial charge in [0.15, 0.2) is 0 Å². The molecule has 1 aliphatic carbocycles. The number of ether oxygens (including phenoxy) is 1.